The van der Waals surface area contributed by atoms with Crippen molar-refractivity contribution < 1.29 is 19.5 Å². The maximum absolute atomic E-state index is 11.9. The molecule has 1 aliphatic rings. The highest BCUT2D eigenvalue weighted by atomic mass is 32.2. The average molecular weight is 245 g/mol. The van der Waals surface area contributed by atoms with Gasteiger partial charge in [-0.3, -0.25) is 14.4 Å². The predicted octanol–water partition coefficient (Wildman–Crippen LogP) is 0.212. The van der Waals surface area contributed by atoms with Crippen LogP contribution >= 0.6 is 11.8 Å². The topological polar surface area (TPSA) is 97.5 Å². The lowest BCUT2D eigenvalue weighted by Crippen LogP contribution is -2.57. The van der Waals surface area contributed by atoms with Crippen molar-refractivity contribution in [1.29, 1.82) is 0 Å². The number of thioether (sulfide) groups is 1. The Kier molecular flexibility index (Phi) is 4.09. The number of carboxylic acid groups (broad SMARTS) is 1. The van der Waals surface area contributed by atoms with Gasteiger partial charge in [0.05, 0.1) is 5.75 Å². The van der Waals surface area contributed by atoms with Crippen LogP contribution in [-0.4, -0.2) is 39.2 Å². The first kappa shape index (κ1) is 13.2. The zero-order valence-corrected chi connectivity index (χ0v) is 9.88. The van der Waals surface area contributed by atoms with E-state index in [1.54, 1.807) is 6.92 Å². The fourth-order valence-corrected chi connectivity index (χ4v) is 3.05. The Labute approximate surface area is 97.8 Å². The number of aliphatic carboxylic acids is 1. The third-order valence-corrected chi connectivity index (χ3v) is 4.37. The van der Waals surface area contributed by atoms with Crippen LogP contribution in [0.5, 0.6) is 0 Å². The van der Waals surface area contributed by atoms with Crippen LogP contribution in [0.25, 0.3) is 0 Å². The van der Waals surface area contributed by atoms with Crippen LogP contribution in [0.1, 0.15) is 26.2 Å². The molecular formula is C10H15NO4S. The molecule has 1 rings (SSSR count). The lowest BCUT2D eigenvalue weighted by Gasteiger charge is -2.36. The second kappa shape index (κ2) is 4.97. The molecule has 0 aromatic carbocycles. The number of hydrogen-bond acceptors (Lipinski definition) is 5. The summed E-state index contributed by atoms with van der Waals surface area (Å²) in [7, 11) is 0. The number of carbonyl (C=O) groups excluding carboxylic acids is 2. The monoisotopic (exact) mass is 245 g/mol. The Hall–Kier alpha value is -0.880. The van der Waals surface area contributed by atoms with E-state index in [1.807, 2.05) is 0 Å². The summed E-state index contributed by atoms with van der Waals surface area (Å²) in [6, 6.07) is -0.655. The van der Waals surface area contributed by atoms with Gasteiger partial charge < -0.3 is 10.8 Å². The molecule has 0 bridgehead atoms. The van der Waals surface area contributed by atoms with E-state index in [0.29, 0.717) is 19.3 Å². The summed E-state index contributed by atoms with van der Waals surface area (Å²) in [5.74, 6) is -1.79. The van der Waals surface area contributed by atoms with Crippen molar-refractivity contribution in [1.82, 2.24) is 0 Å². The molecule has 0 saturated heterocycles. The number of nitrogens with two attached hydrogens (primary N) is 1. The molecular weight excluding hydrogens is 230 g/mol. The number of carboxylic acids is 1. The lowest BCUT2D eigenvalue weighted by molar-refractivity contribution is -0.134. The van der Waals surface area contributed by atoms with Crippen LogP contribution in [0, 0.1) is 0 Å². The van der Waals surface area contributed by atoms with Gasteiger partial charge >= 0.3 is 5.97 Å². The summed E-state index contributed by atoms with van der Waals surface area (Å²) < 4.78 is -1.34. The molecule has 5 nitrogen and oxygen atoms in total. The third-order valence-electron chi connectivity index (χ3n) is 2.70. The Morgan fingerprint density at radius 1 is 1.50 bits per heavy atom. The molecule has 1 saturated carbocycles. The molecule has 90 valence electrons. The van der Waals surface area contributed by atoms with Crippen molar-refractivity contribution >= 4 is 29.3 Å². The first-order chi connectivity index (χ1) is 7.41. The van der Waals surface area contributed by atoms with Crippen molar-refractivity contribution in [2.24, 2.45) is 5.73 Å². The molecule has 0 spiro atoms. The van der Waals surface area contributed by atoms with Gasteiger partial charge in [0, 0.05) is 18.9 Å². The summed E-state index contributed by atoms with van der Waals surface area (Å²) in [6.07, 6.45) is 1.15. The zero-order valence-electron chi connectivity index (χ0n) is 9.06. The summed E-state index contributed by atoms with van der Waals surface area (Å²) >= 11 is 0.854. The Morgan fingerprint density at radius 2 is 2.00 bits per heavy atom. The quantitative estimate of drug-likeness (QED) is 0.687. The summed E-state index contributed by atoms with van der Waals surface area (Å²) in [6.45, 7) is 1.58. The average Bonchev–Trinajstić information content (AvgIpc) is 2.16. The minimum Gasteiger partial charge on any atom is -0.481 e. The largest absolute Gasteiger partial charge is 0.481 e. The molecule has 0 aliphatic heterocycles. The molecule has 16 heavy (non-hydrogen) atoms. The molecule has 0 aromatic rings. The van der Waals surface area contributed by atoms with E-state index in [2.05, 4.69) is 0 Å². The number of ketones is 2. The summed E-state index contributed by atoms with van der Waals surface area (Å²) in [5, 5.41) is 8.63. The van der Waals surface area contributed by atoms with Crippen molar-refractivity contribution in [3.8, 4) is 0 Å². The first-order valence-corrected chi connectivity index (χ1v) is 6.07. The van der Waals surface area contributed by atoms with E-state index in [0.717, 1.165) is 11.8 Å². The van der Waals surface area contributed by atoms with Crippen molar-refractivity contribution in [3.63, 3.8) is 0 Å². The highest BCUT2D eigenvalue weighted by Crippen LogP contribution is 2.36. The Morgan fingerprint density at radius 3 is 2.38 bits per heavy atom. The van der Waals surface area contributed by atoms with Crippen LogP contribution < -0.4 is 5.73 Å². The van der Waals surface area contributed by atoms with Crippen molar-refractivity contribution in [2.45, 2.75) is 37.0 Å². The Bertz CT molecular complexity index is 311. The van der Waals surface area contributed by atoms with Gasteiger partial charge in [0.1, 0.15) is 4.75 Å². The van der Waals surface area contributed by atoms with E-state index in [1.165, 1.54) is 0 Å². The normalized spacial score (nSPS) is 21.9. The fourth-order valence-electron chi connectivity index (χ4n) is 1.91. The second-order valence-corrected chi connectivity index (χ2v) is 5.13. The molecule has 0 radical (unpaired) electrons. The third kappa shape index (κ3) is 2.27. The van der Waals surface area contributed by atoms with Crippen molar-refractivity contribution in [2.75, 3.05) is 5.75 Å². The van der Waals surface area contributed by atoms with E-state index in [9.17, 15) is 14.4 Å². The zero-order chi connectivity index (χ0) is 12.3. The molecule has 3 N–H and O–H groups in total. The molecule has 0 heterocycles. The van der Waals surface area contributed by atoms with Gasteiger partial charge in [0.15, 0.2) is 11.6 Å². The second-order valence-electron chi connectivity index (χ2n) is 3.91. The highest BCUT2D eigenvalue weighted by molar-refractivity contribution is 8.02. The molecule has 1 unspecified atom stereocenters. The minimum absolute atomic E-state index is 0.231. The van der Waals surface area contributed by atoms with Gasteiger partial charge in [-0.15, -0.1) is 11.8 Å². The smallest absolute Gasteiger partial charge is 0.313 e. The number of Topliss-reactive ketones (excluding diaryl/α,β-unsaturated/α-hetero) is 2. The van der Waals surface area contributed by atoms with E-state index >= 15 is 0 Å². The summed E-state index contributed by atoms with van der Waals surface area (Å²) in [4.78, 5) is 34.3. The van der Waals surface area contributed by atoms with Crippen molar-refractivity contribution in [3.05, 3.63) is 0 Å². The van der Waals surface area contributed by atoms with E-state index < -0.39 is 16.8 Å². The van der Waals surface area contributed by atoms with Crippen LogP contribution in [0.4, 0.5) is 0 Å². The van der Waals surface area contributed by atoms with Gasteiger partial charge in [0.25, 0.3) is 0 Å². The van der Waals surface area contributed by atoms with Crippen LogP contribution in [0.3, 0.4) is 0 Å². The standard InChI is InChI=1S/C10H15NO4S/c1-6(11)10(16-5-9(14)15)7(12)3-2-4-8(10)13/h6H,2-5,11H2,1H3,(H,14,15). The van der Waals surface area contributed by atoms with E-state index in [4.69, 9.17) is 10.8 Å². The maximum Gasteiger partial charge on any atom is 0.313 e. The predicted molar refractivity (Wildman–Crippen MR) is 60.3 cm³/mol. The number of hydrogen-bond donors (Lipinski definition) is 2. The summed E-state index contributed by atoms with van der Waals surface area (Å²) in [5.41, 5.74) is 5.71. The SMILES string of the molecule is CC(N)C1(SCC(=O)O)C(=O)CCCC1=O. The molecule has 0 aromatic heterocycles. The van der Waals surface area contributed by atoms with Gasteiger partial charge in [-0.1, -0.05) is 0 Å². The van der Waals surface area contributed by atoms with Crippen LogP contribution in [0.2, 0.25) is 0 Å². The fraction of sp³-hybridized carbons (Fsp3) is 0.700. The minimum atomic E-state index is -1.34. The molecule has 1 atom stereocenters. The number of carbonyl (C=O) groups is 3. The first-order valence-electron chi connectivity index (χ1n) is 5.09. The van der Waals surface area contributed by atoms with Crippen LogP contribution in [-0.2, 0) is 14.4 Å². The highest BCUT2D eigenvalue weighted by Gasteiger charge is 2.50. The maximum atomic E-state index is 11.9. The molecule has 6 heteroatoms. The van der Waals surface area contributed by atoms with Gasteiger partial charge in [0.2, 0.25) is 0 Å². The van der Waals surface area contributed by atoms with Gasteiger partial charge in [-0.05, 0) is 13.3 Å². The van der Waals surface area contributed by atoms with Crippen LogP contribution in [0.15, 0.2) is 0 Å². The van der Waals surface area contributed by atoms with Gasteiger partial charge in [-0.25, -0.2) is 0 Å². The molecule has 1 aliphatic carbocycles. The Balaban J connectivity index is 2.96. The number of rotatable bonds is 4. The van der Waals surface area contributed by atoms with Gasteiger partial charge in [-0.2, -0.15) is 0 Å². The van der Waals surface area contributed by atoms with E-state index in [-0.39, 0.29) is 17.3 Å². The molecule has 1 fully saturated rings. The molecule has 0 amide bonds. The lowest BCUT2D eigenvalue weighted by atomic mass is 9.81.